The molecule has 2 saturated heterocycles. The Morgan fingerprint density at radius 1 is 0.933 bits per heavy atom. The van der Waals surface area contributed by atoms with E-state index in [4.69, 9.17) is 0 Å². The summed E-state index contributed by atoms with van der Waals surface area (Å²) >= 11 is 0. The summed E-state index contributed by atoms with van der Waals surface area (Å²) in [5, 5.41) is 2.43. The number of hydrogen-bond acceptors (Lipinski definition) is 6. The average Bonchev–Trinajstić information content (AvgIpc) is 3.24. The van der Waals surface area contributed by atoms with Gasteiger partial charge in [-0.3, -0.25) is 19.4 Å². The third kappa shape index (κ3) is 5.52. The molecule has 3 rings (SSSR count). The molecule has 0 unspecified atom stereocenters. The van der Waals surface area contributed by atoms with Gasteiger partial charge in [-0.25, -0.2) is 8.42 Å². The summed E-state index contributed by atoms with van der Waals surface area (Å²) in [6.07, 6.45) is 2.10. The van der Waals surface area contributed by atoms with Gasteiger partial charge in [-0.15, -0.1) is 0 Å². The van der Waals surface area contributed by atoms with Gasteiger partial charge in [0.05, 0.1) is 23.7 Å². The molecule has 0 aliphatic carbocycles. The van der Waals surface area contributed by atoms with Crippen molar-refractivity contribution in [2.45, 2.75) is 23.5 Å². The van der Waals surface area contributed by atoms with Gasteiger partial charge in [0.25, 0.3) is 0 Å². The quantitative estimate of drug-likeness (QED) is 0.671. The Morgan fingerprint density at radius 3 is 2.10 bits per heavy atom. The zero-order valence-corrected chi connectivity index (χ0v) is 17.4. The number of benzene rings is 1. The summed E-state index contributed by atoms with van der Waals surface area (Å²) in [6.45, 7) is 4.47. The Balaban J connectivity index is 1.49. The van der Waals surface area contributed by atoms with Gasteiger partial charge in [-0.2, -0.15) is 8.78 Å². The predicted molar refractivity (Wildman–Crippen MR) is 107 cm³/mol. The molecule has 2 aliphatic rings. The maximum Gasteiger partial charge on any atom is 0.341 e. The third-order valence-electron chi connectivity index (χ3n) is 5.35. The Kier molecular flexibility index (Phi) is 7.37. The van der Waals surface area contributed by atoms with E-state index in [1.54, 1.807) is 0 Å². The van der Waals surface area contributed by atoms with Crippen molar-refractivity contribution in [1.82, 2.24) is 14.7 Å². The molecule has 2 heterocycles. The van der Waals surface area contributed by atoms with Crippen LogP contribution in [0.5, 0.6) is 0 Å². The fourth-order valence-corrected chi connectivity index (χ4v) is 4.56. The highest BCUT2D eigenvalue weighted by molar-refractivity contribution is 7.91. The monoisotopic (exact) mass is 444 g/mol. The number of likely N-dealkylation sites (tertiary alicyclic amines) is 1. The second-order valence-corrected chi connectivity index (χ2v) is 9.38. The van der Waals surface area contributed by atoms with Crippen LogP contribution in [0.1, 0.15) is 12.8 Å². The first-order valence-corrected chi connectivity index (χ1v) is 11.5. The topological polar surface area (TPSA) is 90.0 Å². The van der Waals surface area contributed by atoms with E-state index in [1.807, 2.05) is 9.80 Å². The van der Waals surface area contributed by atoms with Crippen molar-refractivity contribution in [2.24, 2.45) is 0 Å². The van der Waals surface area contributed by atoms with E-state index < -0.39 is 26.4 Å². The van der Waals surface area contributed by atoms with Gasteiger partial charge in [0.1, 0.15) is 0 Å². The number of sulfone groups is 1. The van der Waals surface area contributed by atoms with Gasteiger partial charge < -0.3 is 10.2 Å². The van der Waals surface area contributed by atoms with Crippen molar-refractivity contribution >= 4 is 27.3 Å². The lowest BCUT2D eigenvalue weighted by molar-refractivity contribution is -0.132. The van der Waals surface area contributed by atoms with Crippen molar-refractivity contribution in [1.29, 1.82) is 0 Å². The van der Waals surface area contributed by atoms with Gasteiger partial charge in [0.2, 0.25) is 21.7 Å². The first-order valence-electron chi connectivity index (χ1n) is 9.91. The van der Waals surface area contributed by atoms with Crippen LogP contribution >= 0.6 is 0 Å². The van der Waals surface area contributed by atoms with Crippen molar-refractivity contribution in [2.75, 3.05) is 57.7 Å². The van der Waals surface area contributed by atoms with Crippen LogP contribution in [0.25, 0.3) is 0 Å². The minimum atomic E-state index is -4.82. The number of para-hydroxylation sites is 1. The minimum Gasteiger partial charge on any atom is -0.342 e. The molecule has 0 atom stereocenters. The molecule has 2 fully saturated rings. The molecule has 0 bridgehead atoms. The maximum atomic E-state index is 12.9. The van der Waals surface area contributed by atoms with E-state index in [1.165, 1.54) is 18.2 Å². The first-order chi connectivity index (χ1) is 14.3. The Hall–Kier alpha value is -2.11. The van der Waals surface area contributed by atoms with E-state index in [9.17, 15) is 26.8 Å². The number of alkyl halides is 2. The summed E-state index contributed by atoms with van der Waals surface area (Å²) in [5.41, 5.74) is -0.155. The van der Waals surface area contributed by atoms with Crippen LogP contribution < -0.4 is 5.32 Å². The van der Waals surface area contributed by atoms with E-state index in [0.29, 0.717) is 32.7 Å². The molecule has 2 aliphatic heterocycles. The molecule has 1 N–H and O–H groups in total. The number of rotatable bonds is 7. The van der Waals surface area contributed by atoms with Gasteiger partial charge in [-0.1, -0.05) is 12.1 Å². The smallest absolute Gasteiger partial charge is 0.341 e. The Bertz CT molecular complexity index is 867. The van der Waals surface area contributed by atoms with E-state index >= 15 is 0 Å². The number of halogens is 2. The normalized spacial score (nSPS) is 18.7. The lowest BCUT2D eigenvalue weighted by Gasteiger charge is -2.34. The fraction of sp³-hybridized carbons (Fsp3) is 0.579. The van der Waals surface area contributed by atoms with Crippen LogP contribution in [-0.4, -0.2) is 93.0 Å². The van der Waals surface area contributed by atoms with Gasteiger partial charge in [-0.05, 0) is 25.0 Å². The van der Waals surface area contributed by atoms with Gasteiger partial charge >= 0.3 is 5.76 Å². The molecule has 1 aromatic rings. The van der Waals surface area contributed by atoms with Crippen molar-refractivity contribution in [3.8, 4) is 0 Å². The van der Waals surface area contributed by atoms with Gasteiger partial charge in [0, 0.05) is 39.3 Å². The standard InChI is InChI=1S/C19H26F2N4O4S/c20-19(21)30(28,29)16-6-2-1-5-15(16)22-17(26)13-23-9-11-24(12-10-23)14-18(27)25-7-3-4-8-25/h1-2,5-6,19H,3-4,7-14H2,(H,22,26). The van der Waals surface area contributed by atoms with E-state index in [-0.39, 0.29) is 18.1 Å². The molecule has 0 radical (unpaired) electrons. The second-order valence-electron chi connectivity index (χ2n) is 7.49. The molecule has 166 valence electrons. The van der Waals surface area contributed by atoms with Crippen LogP contribution in [0.15, 0.2) is 29.2 Å². The Labute approximate surface area is 174 Å². The Morgan fingerprint density at radius 2 is 1.50 bits per heavy atom. The predicted octanol–water partition coefficient (Wildman–Crippen LogP) is 0.861. The average molecular weight is 445 g/mol. The highest BCUT2D eigenvalue weighted by atomic mass is 32.2. The summed E-state index contributed by atoms with van der Waals surface area (Å²) in [4.78, 5) is 29.8. The lowest BCUT2D eigenvalue weighted by Crippen LogP contribution is -2.51. The largest absolute Gasteiger partial charge is 0.342 e. The van der Waals surface area contributed by atoms with Crippen LogP contribution in [0.3, 0.4) is 0 Å². The lowest BCUT2D eigenvalue weighted by atomic mass is 10.3. The number of amides is 2. The van der Waals surface area contributed by atoms with Crippen molar-refractivity contribution < 1.29 is 26.8 Å². The molecule has 0 saturated carbocycles. The van der Waals surface area contributed by atoms with Crippen LogP contribution in [0.2, 0.25) is 0 Å². The maximum absolute atomic E-state index is 12.9. The summed E-state index contributed by atoms with van der Waals surface area (Å²) < 4.78 is 49.3. The number of hydrogen-bond donors (Lipinski definition) is 1. The number of carbonyl (C=O) groups excluding carboxylic acids is 2. The zero-order valence-electron chi connectivity index (χ0n) is 16.6. The summed E-state index contributed by atoms with van der Waals surface area (Å²) in [6, 6.07) is 5.13. The van der Waals surface area contributed by atoms with Crippen LogP contribution in [-0.2, 0) is 19.4 Å². The highest BCUT2D eigenvalue weighted by Crippen LogP contribution is 2.26. The molecule has 0 spiro atoms. The molecule has 1 aromatic carbocycles. The second kappa shape index (κ2) is 9.80. The van der Waals surface area contributed by atoms with Gasteiger partial charge in [0.15, 0.2) is 0 Å². The zero-order chi connectivity index (χ0) is 21.7. The van der Waals surface area contributed by atoms with Crippen molar-refractivity contribution in [3.05, 3.63) is 24.3 Å². The SMILES string of the molecule is O=C(CN1CCN(CC(=O)N2CCCC2)CC1)Nc1ccccc1S(=O)(=O)C(F)F. The summed E-state index contributed by atoms with van der Waals surface area (Å²) in [7, 11) is -4.82. The molecule has 0 aromatic heterocycles. The fourth-order valence-electron chi connectivity index (χ4n) is 3.67. The molecule has 2 amide bonds. The molecule has 11 heteroatoms. The van der Waals surface area contributed by atoms with E-state index in [0.717, 1.165) is 32.0 Å². The first kappa shape index (κ1) is 22.6. The van der Waals surface area contributed by atoms with E-state index in [2.05, 4.69) is 10.2 Å². The highest BCUT2D eigenvalue weighted by Gasteiger charge is 2.30. The van der Waals surface area contributed by atoms with Crippen LogP contribution in [0, 0.1) is 0 Å². The number of anilines is 1. The molecular formula is C19H26F2N4O4S. The van der Waals surface area contributed by atoms with Crippen molar-refractivity contribution in [3.63, 3.8) is 0 Å². The number of nitrogens with one attached hydrogen (secondary N) is 1. The minimum absolute atomic E-state index is 0.0109. The number of piperazine rings is 1. The number of nitrogens with zero attached hydrogens (tertiary/aromatic N) is 3. The van der Waals surface area contributed by atoms with Crippen LogP contribution in [0.4, 0.5) is 14.5 Å². The molecule has 30 heavy (non-hydrogen) atoms. The number of carbonyl (C=O) groups is 2. The molecular weight excluding hydrogens is 418 g/mol. The third-order valence-corrected chi connectivity index (χ3v) is 6.79. The summed E-state index contributed by atoms with van der Waals surface area (Å²) in [5.74, 6) is -3.91. The molecule has 8 nitrogen and oxygen atoms in total.